The molecule has 5 nitrogen and oxygen atoms in total. The van der Waals surface area contributed by atoms with Crippen molar-refractivity contribution in [3.63, 3.8) is 0 Å². The molecule has 0 radical (unpaired) electrons. The highest BCUT2D eigenvalue weighted by molar-refractivity contribution is 5.92. The number of ether oxygens (including phenoxy) is 1. The van der Waals surface area contributed by atoms with Crippen molar-refractivity contribution in [3.05, 3.63) is 30.1 Å². The van der Waals surface area contributed by atoms with Gasteiger partial charge < -0.3 is 10.1 Å². The Balaban J connectivity index is 1.78. The van der Waals surface area contributed by atoms with Gasteiger partial charge in [0.1, 0.15) is 5.69 Å². The number of hydrogen-bond acceptors (Lipinski definition) is 4. The van der Waals surface area contributed by atoms with Gasteiger partial charge in [-0.2, -0.15) is 0 Å². The zero-order chi connectivity index (χ0) is 12.8. The quantitative estimate of drug-likeness (QED) is 0.846. The van der Waals surface area contributed by atoms with Gasteiger partial charge in [-0.15, -0.1) is 0 Å². The minimum Gasteiger partial charge on any atom is -0.379 e. The van der Waals surface area contributed by atoms with Crippen molar-refractivity contribution < 1.29 is 9.53 Å². The van der Waals surface area contributed by atoms with E-state index in [0.717, 1.165) is 26.3 Å². The van der Waals surface area contributed by atoms with Crippen LogP contribution < -0.4 is 5.32 Å². The molecule has 1 aliphatic heterocycles. The molecule has 1 saturated heterocycles. The number of nitrogens with zero attached hydrogens (tertiary/aromatic N) is 2. The van der Waals surface area contributed by atoms with Gasteiger partial charge >= 0.3 is 0 Å². The topological polar surface area (TPSA) is 54.5 Å². The number of pyridine rings is 1. The van der Waals surface area contributed by atoms with Crippen molar-refractivity contribution in [2.45, 2.75) is 13.0 Å². The van der Waals surface area contributed by atoms with Crippen molar-refractivity contribution in [1.82, 2.24) is 15.2 Å². The van der Waals surface area contributed by atoms with Crippen LogP contribution in [0.2, 0.25) is 0 Å². The number of rotatable bonds is 4. The highest BCUT2D eigenvalue weighted by Gasteiger charge is 2.17. The molecule has 2 rings (SSSR count). The second-order valence-electron chi connectivity index (χ2n) is 4.42. The molecule has 1 N–H and O–H groups in total. The predicted octanol–water partition coefficient (Wildman–Crippen LogP) is 0.532. The Kier molecular flexibility index (Phi) is 4.66. The van der Waals surface area contributed by atoms with E-state index in [1.54, 1.807) is 18.3 Å². The maximum Gasteiger partial charge on any atom is 0.269 e. The van der Waals surface area contributed by atoms with Gasteiger partial charge in [-0.25, -0.2) is 0 Å². The number of morpholine rings is 1. The summed E-state index contributed by atoms with van der Waals surface area (Å²) in [5, 5.41) is 2.91. The molecular formula is C13H19N3O2. The molecule has 5 heteroatoms. The van der Waals surface area contributed by atoms with Gasteiger partial charge in [0.15, 0.2) is 0 Å². The third-order valence-corrected chi connectivity index (χ3v) is 3.12. The van der Waals surface area contributed by atoms with Crippen LogP contribution in [-0.4, -0.2) is 54.7 Å². The Morgan fingerprint density at radius 1 is 1.50 bits per heavy atom. The van der Waals surface area contributed by atoms with Crippen LogP contribution in [0.1, 0.15) is 17.4 Å². The fourth-order valence-electron chi connectivity index (χ4n) is 1.98. The molecule has 0 saturated carbocycles. The Hall–Kier alpha value is -1.46. The summed E-state index contributed by atoms with van der Waals surface area (Å²) in [5.74, 6) is -0.115. The summed E-state index contributed by atoms with van der Waals surface area (Å²) in [5.41, 5.74) is 0.465. The van der Waals surface area contributed by atoms with Gasteiger partial charge in [-0.1, -0.05) is 6.07 Å². The van der Waals surface area contributed by atoms with E-state index in [0.29, 0.717) is 18.3 Å². The van der Waals surface area contributed by atoms with Gasteiger partial charge in [0, 0.05) is 31.9 Å². The normalized spacial score (nSPS) is 18.3. The standard InChI is InChI=1S/C13H19N3O2/c1-11(16-6-8-18-9-7-16)10-15-13(17)12-4-2-3-5-14-12/h2-5,11H,6-10H2,1H3,(H,15,17)/t11-/m1/s1. The molecule has 2 heterocycles. The summed E-state index contributed by atoms with van der Waals surface area (Å²) in [6.45, 7) is 6.16. The Morgan fingerprint density at radius 2 is 2.28 bits per heavy atom. The van der Waals surface area contributed by atoms with Crippen molar-refractivity contribution in [1.29, 1.82) is 0 Å². The van der Waals surface area contributed by atoms with Crippen LogP contribution >= 0.6 is 0 Å². The second kappa shape index (κ2) is 6.47. The van der Waals surface area contributed by atoms with E-state index < -0.39 is 0 Å². The van der Waals surface area contributed by atoms with E-state index in [-0.39, 0.29) is 5.91 Å². The highest BCUT2D eigenvalue weighted by Crippen LogP contribution is 2.03. The monoisotopic (exact) mass is 249 g/mol. The van der Waals surface area contributed by atoms with Crippen molar-refractivity contribution in [2.24, 2.45) is 0 Å². The molecule has 1 aromatic rings. The summed E-state index contributed by atoms with van der Waals surface area (Å²) in [6.07, 6.45) is 1.63. The molecule has 1 aliphatic rings. The van der Waals surface area contributed by atoms with Gasteiger partial charge in [0.25, 0.3) is 5.91 Å². The Labute approximate surface area is 107 Å². The molecule has 0 spiro atoms. The van der Waals surface area contributed by atoms with Crippen molar-refractivity contribution in [2.75, 3.05) is 32.8 Å². The Bertz CT molecular complexity index is 377. The average molecular weight is 249 g/mol. The lowest BCUT2D eigenvalue weighted by molar-refractivity contribution is 0.0204. The maximum atomic E-state index is 11.8. The van der Waals surface area contributed by atoms with E-state index in [4.69, 9.17) is 4.74 Å². The van der Waals surface area contributed by atoms with E-state index >= 15 is 0 Å². The number of aromatic nitrogens is 1. The minimum atomic E-state index is -0.115. The van der Waals surface area contributed by atoms with Crippen LogP contribution in [0.3, 0.4) is 0 Å². The molecule has 18 heavy (non-hydrogen) atoms. The van der Waals surface area contributed by atoms with Crippen LogP contribution in [-0.2, 0) is 4.74 Å². The minimum absolute atomic E-state index is 0.115. The second-order valence-corrected chi connectivity index (χ2v) is 4.42. The zero-order valence-corrected chi connectivity index (χ0v) is 10.6. The van der Waals surface area contributed by atoms with Gasteiger partial charge in [-0.3, -0.25) is 14.7 Å². The van der Waals surface area contributed by atoms with Gasteiger partial charge in [0.2, 0.25) is 0 Å². The molecule has 1 amide bonds. The maximum absolute atomic E-state index is 11.8. The van der Waals surface area contributed by atoms with E-state index in [9.17, 15) is 4.79 Å². The van der Waals surface area contributed by atoms with E-state index in [1.165, 1.54) is 0 Å². The molecule has 98 valence electrons. The first-order chi connectivity index (χ1) is 8.77. The SMILES string of the molecule is C[C@H](CNC(=O)c1ccccn1)N1CCOCC1. The zero-order valence-electron chi connectivity index (χ0n) is 10.6. The van der Waals surface area contributed by atoms with Crippen LogP contribution in [0.15, 0.2) is 24.4 Å². The van der Waals surface area contributed by atoms with Crippen molar-refractivity contribution in [3.8, 4) is 0 Å². The Morgan fingerprint density at radius 3 is 2.94 bits per heavy atom. The van der Waals surface area contributed by atoms with E-state index in [1.807, 2.05) is 6.07 Å². The lowest BCUT2D eigenvalue weighted by atomic mass is 10.2. The first-order valence-corrected chi connectivity index (χ1v) is 6.28. The fraction of sp³-hybridized carbons (Fsp3) is 0.538. The summed E-state index contributed by atoms with van der Waals surface area (Å²) in [4.78, 5) is 18.2. The third kappa shape index (κ3) is 3.51. The predicted molar refractivity (Wildman–Crippen MR) is 68.4 cm³/mol. The number of carbonyl (C=O) groups excluding carboxylic acids is 1. The highest BCUT2D eigenvalue weighted by atomic mass is 16.5. The van der Waals surface area contributed by atoms with Crippen molar-refractivity contribution >= 4 is 5.91 Å². The molecular weight excluding hydrogens is 230 g/mol. The number of amides is 1. The van der Waals surface area contributed by atoms with E-state index in [2.05, 4.69) is 22.1 Å². The average Bonchev–Trinajstić information content (AvgIpc) is 2.46. The smallest absolute Gasteiger partial charge is 0.269 e. The van der Waals surface area contributed by atoms with Gasteiger partial charge in [0.05, 0.1) is 13.2 Å². The van der Waals surface area contributed by atoms with Crippen LogP contribution in [0.5, 0.6) is 0 Å². The fourth-order valence-corrected chi connectivity index (χ4v) is 1.98. The number of nitrogens with one attached hydrogen (secondary N) is 1. The lowest BCUT2D eigenvalue weighted by Gasteiger charge is -2.32. The van der Waals surface area contributed by atoms with Crippen LogP contribution in [0.4, 0.5) is 0 Å². The first-order valence-electron chi connectivity index (χ1n) is 6.28. The number of carbonyl (C=O) groups is 1. The molecule has 0 aromatic carbocycles. The molecule has 0 bridgehead atoms. The third-order valence-electron chi connectivity index (χ3n) is 3.12. The first kappa shape index (κ1) is 13.0. The number of hydrogen-bond donors (Lipinski definition) is 1. The van der Waals surface area contributed by atoms with Crippen LogP contribution in [0, 0.1) is 0 Å². The summed E-state index contributed by atoms with van der Waals surface area (Å²) < 4.78 is 5.31. The molecule has 1 aromatic heterocycles. The summed E-state index contributed by atoms with van der Waals surface area (Å²) in [7, 11) is 0. The molecule has 0 aliphatic carbocycles. The summed E-state index contributed by atoms with van der Waals surface area (Å²) >= 11 is 0. The van der Waals surface area contributed by atoms with Gasteiger partial charge in [-0.05, 0) is 19.1 Å². The molecule has 1 fully saturated rings. The molecule has 0 unspecified atom stereocenters. The largest absolute Gasteiger partial charge is 0.379 e. The van der Waals surface area contributed by atoms with Crippen LogP contribution in [0.25, 0.3) is 0 Å². The molecule has 1 atom stereocenters. The lowest BCUT2D eigenvalue weighted by Crippen LogP contribution is -2.47. The summed E-state index contributed by atoms with van der Waals surface area (Å²) in [6, 6.07) is 5.65.